The van der Waals surface area contributed by atoms with E-state index in [2.05, 4.69) is 60.6 Å². The van der Waals surface area contributed by atoms with Gasteiger partial charge >= 0.3 is 0 Å². The molecule has 0 amide bonds. The van der Waals surface area contributed by atoms with Gasteiger partial charge in [0.05, 0.1) is 0 Å². The van der Waals surface area contributed by atoms with Crippen LogP contribution in [0.4, 0.5) is 0 Å². The third kappa shape index (κ3) is 3.67. The number of rotatable bonds is 5. The van der Waals surface area contributed by atoms with E-state index in [1.54, 1.807) is 5.57 Å². The zero-order valence-corrected chi connectivity index (χ0v) is 21.3. The van der Waals surface area contributed by atoms with Crippen LogP contribution in [0.5, 0.6) is 0 Å². The molecule has 4 aliphatic rings. The topological polar surface area (TPSA) is 0 Å². The summed E-state index contributed by atoms with van der Waals surface area (Å²) in [7, 11) is 0. The highest BCUT2D eigenvalue weighted by Gasteiger charge is 2.58. The molecule has 30 heavy (non-hydrogen) atoms. The predicted molar refractivity (Wildman–Crippen MR) is 131 cm³/mol. The molecule has 0 aliphatic heterocycles. The molecule has 0 aromatic heterocycles. The maximum atomic E-state index is 2.75. The Morgan fingerprint density at radius 2 is 1.83 bits per heavy atom. The molecule has 3 fully saturated rings. The van der Waals surface area contributed by atoms with Gasteiger partial charge in [-0.1, -0.05) is 64.8 Å². The van der Waals surface area contributed by atoms with Crippen molar-refractivity contribution in [2.75, 3.05) is 0 Å². The third-order valence-electron chi connectivity index (χ3n) is 11.1. The molecule has 3 unspecified atom stereocenters. The van der Waals surface area contributed by atoms with Gasteiger partial charge in [0, 0.05) is 0 Å². The molecule has 170 valence electrons. The van der Waals surface area contributed by atoms with Crippen LogP contribution in [0.3, 0.4) is 0 Å². The minimum Gasteiger partial charge on any atom is -0.0882 e. The third-order valence-corrected chi connectivity index (χ3v) is 11.1. The highest BCUT2D eigenvalue weighted by molar-refractivity contribution is 5.25. The van der Waals surface area contributed by atoms with E-state index in [1.165, 1.54) is 64.2 Å². The normalized spacial score (nSPS) is 44.9. The summed E-state index contributed by atoms with van der Waals surface area (Å²) < 4.78 is 0. The first-order chi connectivity index (χ1) is 14.2. The highest BCUT2D eigenvalue weighted by Crippen LogP contribution is 2.67. The van der Waals surface area contributed by atoms with Crippen molar-refractivity contribution in [3.05, 3.63) is 23.3 Å². The largest absolute Gasteiger partial charge is 0.0882 e. The molecule has 8 atom stereocenters. The van der Waals surface area contributed by atoms with Gasteiger partial charge in [-0.2, -0.15) is 0 Å². The van der Waals surface area contributed by atoms with Crippen LogP contribution < -0.4 is 0 Å². The summed E-state index contributed by atoms with van der Waals surface area (Å²) >= 11 is 0. The monoisotopic (exact) mass is 410 g/mol. The summed E-state index contributed by atoms with van der Waals surface area (Å²) in [5, 5.41) is 0. The smallest absolute Gasteiger partial charge is 0.00851 e. The second-order valence-electron chi connectivity index (χ2n) is 12.9. The Morgan fingerprint density at radius 3 is 2.53 bits per heavy atom. The Hall–Kier alpha value is -0.520. The Labute approximate surface area is 188 Å². The van der Waals surface area contributed by atoms with Crippen molar-refractivity contribution in [2.24, 2.45) is 52.3 Å². The number of fused-ring (bicyclic) bond motifs is 5. The summed E-state index contributed by atoms with van der Waals surface area (Å²) in [6.07, 6.45) is 19.6. The molecule has 0 heteroatoms. The molecule has 0 saturated heterocycles. The fourth-order valence-corrected chi connectivity index (χ4v) is 9.18. The second-order valence-corrected chi connectivity index (χ2v) is 12.9. The predicted octanol–water partition coefficient (Wildman–Crippen LogP) is 9.22. The molecule has 0 radical (unpaired) electrons. The van der Waals surface area contributed by atoms with Crippen LogP contribution in [0, 0.1) is 52.3 Å². The zero-order valence-electron chi connectivity index (χ0n) is 21.3. The van der Waals surface area contributed by atoms with Crippen molar-refractivity contribution in [3.8, 4) is 0 Å². The van der Waals surface area contributed by atoms with E-state index in [9.17, 15) is 0 Å². The van der Waals surface area contributed by atoms with Crippen LogP contribution in [-0.2, 0) is 0 Å². The van der Waals surface area contributed by atoms with Gasteiger partial charge in [-0.05, 0) is 123 Å². The van der Waals surface area contributed by atoms with Gasteiger partial charge in [0.1, 0.15) is 0 Å². The maximum absolute atomic E-state index is 2.75. The van der Waals surface area contributed by atoms with Crippen LogP contribution in [0.25, 0.3) is 0 Å². The zero-order chi connectivity index (χ0) is 21.7. The van der Waals surface area contributed by atoms with E-state index in [1.807, 2.05) is 5.57 Å². The Morgan fingerprint density at radius 1 is 1.07 bits per heavy atom. The van der Waals surface area contributed by atoms with Crippen molar-refractivity contribution < 1.29 is 0 Å². The van der Waals surface area contributed by atoms with Crippen molar-refractivity contribution in [1.82, 2.24) is 0 Å². The van der Waals surface area contributed by atoms with Crippen LogP contribution in [-0.4, -0.2) is 0 Å². The van der Waals surface area contributed by atoms with Gasteiger partial charge in [0.25, 0.3) is 0 Å². The summed E-state index contributed by atoms with van der Waals surface area (Å²) in [4.78, 5) is 0. The molecule has 4 rings (SSSR count). The first-order valence-corrected chi connectivity index (χ1v) is 13.5. The van der Waals surface area contributed by atoms with E-state index in [-0.39, 0.29) is 0 Å². The SMILES string of the molecule is C/C=C(/CC[C@@H](C)C1CCC2[C@@H]3CC=C4C[C@@H](C)CC[C@]4(C)C3CC[C@@]21C)C(C)C. The van der Waals surface area contributed by atoms with Crippen LogP contribution in [0.1, 0.15) is 113 Å². The minimum absolute atomic E-state index is 0.540. The maximum Gasteiger partial charge on any atom is -0.00851 e. The lowest BCUT2D eigenvalue weighted by Crippen LogP contribution is -2.50. The van der Waals surface area contributed by atoms with Crippen molar-refractivity contribution >= 4 is 0 Å². The van der Waals surface area contributed by atoms with E-state index in [0.717, 1.165) is 35.5 Å². The van der Waals surface area contributed by atoms with Crippen LogP contribution in [0.15, 0.2) is 23.3 Å². The molecule has 0 bridgehead atoms. The fourth-order valence-electron chi connectivity index (χ4n) is 9.18. The van der Waals surface area contributed by atoms with Gasteiger partial charge in [-0.15, -0.1) is 0 Å². The molecule has 0 nitrogen and oxygen atoms in total. The number of allylic oxidation sites excluding steroid dienone is 4. The van der Waals surface area contributed by atoms with Gasteiger partial charge in [-0.3, -0.25) is 0 Å². The first kappa shape index (κ1) is 22.7. The van der Waals surface area contributed by atoms with E-state index in [0.29, 0.717) is 16.7 Å². The summed E-state index contributed by atoms with van der Waals surface area (Å²) in [5.41, 5.74) is 4.69. The van der Waals surface area contributed by atoms with Gasteiger partial charge < -0.3 is 0 Å². The summed E-state index contributed by atoms with van der Waals surface area (Å²) in [6.45, 7) is 17.4. The average Bonchev–Trinajstić information content (AvgIpc) is 3.06. The number of hydrogen-bond acceptors (Lipinski definition) is 0. The van der Waals surface area contributed by atoms with E-state index in [4.69, 9.17) is 0 Å². The molecular weight excluding hydrogens is 360 g/mol. The molecule has 0 aromatic rings. The lowest BCUT2D eigenvalue weighted by molar-refractivity contribution is -0.0521. The second kappa shape index (κ2) is 8.44. The first-order valence-electron chi connectivity index (χ1n) is 13.5. The molecule has 0 N–H and O–H groups in total. The Kier molecular flexibility index (Phi) is 6.38. The van der Waals surface area contributed by atoms with Crippen LogP contribution >= 0.6 is 0 Å². The quantitative estimate of drug-likeness (QED) is 0.396. The summed E-state index contributed by atoms with van der Waals surface area (Å²) in [6, 6.07) is 0. The molecule has 3 saturated carbocycles. The average molecular weight is 411 g/mol. The number of hydrogen-bond donors (Lipinski definition) is 0. The molecule has 0 aromatic carbocycles. The molecule has 0 heterocycles. The fraction of sp³-hybridized carbons (Fsp3) is 0.867. The Balaban J connectivity index is 1.49. The molecule has 0 spiro atoms. The molecular formula is C30H50. The van der Waals surface area contributed by atoms with Crippen molar-refractivity contribution in [3.63, 3.8) is 0 Å². The minimum atomic E-state index is 0.540. The lowest BCUT2D eigenvalue weighted by atomic mass is 9.46. The lowest BCUT2D eigenvalue weighted by Gasteiger charge is -2.58. The summed E-state index contributed by atoms with van der Waals surface area (Å²) in [5.74, 6) is 6.41. The van der Waals surface area contributed by atoms with Gasteiger partial charge in [0.2, 0.25) is 0 Å². The van der Waals surface area contributed by atoms with Gasteiger partial charge in [0.15, 0.2) is 0 Å². The standard InChI is InChI=1S/C30H50/c1-8-23(20(2)3)10-9-22(5)26-13-14-27-25-12-11-24-19-21(4)15-17-29(24,6)28(25)16-18-30(26,27)7/h8,11,20-22,25-28H,9-10,12-19H2,1-7H3/b23-8-/t21-,22+,25-,26?,27?,28?,29-,30+/m0/s1. The molecule has 4 aliphatic carbocycles. The van der Waals surface area contributed by atoms with Crippen LogP contribution in [0.2, 0.25) is 0 Å². The highest BCUT2D eigenvalue weighted by atomic mass is 14.6. The van der Waals surface area contributed by atoms with Crippen molar-refractivity contribution in [1.29, 1.82) is 0 Å². The van der Waals surface area contributed by atoms with E-state index >= 15 is 0 Å². The van der Waals surface area contributed by atoms with Crippen molar-refractivity contribution in [2.45, 2.75) is 113 Å². The van der Waals surface area contributed by atoms with E-state index < -0.39 is 0 Å². The van der Waals surface area contributed by atoms with Gasteiger partial charge in [-0.25, -0.2) is 0 Å². The Bertz CT molecular complexity index is 680.